The second-order valence-corrected chi connectivity index (χ2v) is 5.06. The molecule has 0 bridgehead atoms. The molecule has 0 aromatic heterocycles. The number of anilines is 1. The van der Waals surface area contributed by atoms with Crippen molar-refractivity contribution in [2.45, 2.75) is 12.5 Å². The van der Waals surface area contributed by atoms with Crippen LogP contribution in [-0.4, -0.2) is 17.8 Å². The Kier molecular flexibility index (Phi) is 5.85. The Morgan fingerprint density at radius 1 is 1.08 bits per heavy atom. The zero-order chi connectivity index (χ0) is 18.2. The van der Waals surface area contributed by atoms with Crippen molar-refractivity contribution in [1.82, 2.24) is 0 Å². The first-order valence-electron chi connectivity index (χ1n) is 7.33. The molecule has 0 radical (unpaired) electrons. The molecular weight excluding hydrogens is 322 g/mol. The Labute approximate surface area is 144 Å². The van der Waals surface area contributed by atoms with Crippen LogP contribution < -0.4 is 11.1 Å². The van der Waals surface area contributed by atoms with Gasteiger partial charge in [0.05, 0.1) is 11.6 Å². The lowest BCUT2D eigenvalue weighted by atomic mass is 10.1. The first-order valence-corrected chi connectivity index (χ1v) is 7.33. The molecular formula is C18H15N3O4. The van der Waals surface area contributed by atoms with Crippen LogP contribution in [-0.2, 0) is 14.3 Å². The summed E-state index contributed by atoms with van der Waals surface area (Å²) in [6, 6.07) is 16.0. The summed E-state index contributed by atoms with van der Waals surface area (Å²) in [6.07, 6.45) is -1.45. The number of carbonyl (C=O) groups is 3. The van der Waals surface area contributed by atoms with Gasteiger partial charge in [-0.15, -0.1) is 0 Å². The van der Waals surface area contributed by atoms with Gasteiger partial charge in [-0.25, -0.2) is 4.79 Å². The maximum Gasteiger partial charge on any atom is 0.339 e. The normalized spacial score (nSPS) is 11.0. The van der Waals surface area contributed by atoms with E-state index in [0.717, 1.165) is 0 Å². The van der Waals surface area contributed by atoms with Gasteiger partial charge >= 0.3 is 5.97 Å². The van der Waals surface area contributed by atoms with Gasteiger partial charge in [0.25, 0.3) is 5.91 Å². The summed E-state index contributed by atoms with van der Waals surface area (Å²) in [7, 11) is 0. The Morgan fingerprint density at radius 3 is 2.28 bits per heavy atom. The van der Waals surface area contributed by atoms with Crippen LogP contribution in [0.25, 0.3) is 0 Å². The number of carbonyl (C=O) groups excluding carboxylic acids is 3. The lowest BCUT2D eigenvalue weighted by molar-refractivity contribution is -0.127. The van der Waals surface area contributed by atoms with E-state index in [1.54, 1.807) is 36.4 Å². The third-order valence-electron chi connectivity index (χ3n) is 3.23. The van der Waals surface area contributed by atoms with Gasteiger partial charge in [0.1, 0.15) is 6.42 Å². The van der Waals surface area contributed by atoms with Crippen molar-refractivity contribution in [3.05, 3.63) is 65.7 Å². The van der Waals surface area contributed by atoms with Gasteiger partial charge in [-0.1, -0.05) is 30.3 Å². The third-order valence-corrected chi connectivity index (χ3v) is 3.23. The molecule has 0 spiro atoms. The van der Waals surface area contributed by atoms with Gasteiger partial charge in [-0.2, -0.15) is 5.26 Å². The van der Waals surface area contributed by atoms with E-state index >= 15 is 0 Å². The number of ether oxygens (including phenoxy) is 1. The predicted octanol–water partition coefficient (Wildman–Crippen LogP) is 1.92. The molecule has 2 rings (SSSR count). The average molecular weight is 337 g/mol. The number of nitrogens with two attached hydrogens (primary N) is 1. The Balaban J connectivity index is 2.08. The number of nitriles is 1. The predicted molar refractivity (Wildman–Crippen MR) is 89.1 cm³/mol. The summed E-state index contributed by atoms with van der Waals surface area (Å²) in [5.41, 5.74) is 6.42. The minimum absolute atomic E-state index is 0.195. The molecule has 25 heavy (non-hydrogen) atoms. The van der Waals surface area contributed by atoms with Crippen molar-refractivity contribution in [2.24, 2.45) is 5.73 Å². The lowest BCUT2D eigenvalue weighted by Crippen LogP contribution is -2.26. The standard InChI is InChI=1S/C18H15N3O4/c19-11-10-15(22)21-14-8-6-13(7-9-14)18(24)25-16(17(20)23)12-4-2-1-3-5-12/h1-9,16H,10H2,(H2,20,23)(H,21,22). The zero-order valence-electron chi connectivity index (χ0n) is 13.1. The Hall–Kier alpha value is -3.66. The Morgan fingerprint density at radius 2 is 1.72 bits per heavy atom. The maximum absolute atomic E-state index is 12.2. The summed E-state index contributed by atoms with van der Waals surface area (Å²) in [5.74, 6) is -1.95. The van der Waals surface area contributed by atoms with Gasteiger partial charge in [0.2, 0.25) is 12.0 Å². The number of primary amides is 1. The third kappa shape index (κ3) is 4.91. The highest BCUT2D eigenvalue weighted by molar-refractivity contribution is 5.94. The molecule has 1 atom stereocenters. The first kappa shape index (κ1) is 17.7. The van der Waals surface area contributed by atoms with Crippen LogP contribution in [0, 0.1) is 11.3 Å². The van der Waals surface area contributed by atoms with Crippen molar-refractivity contribution in [1.29, 1.82) is 5.26 Å². The SMILES string of the molecule is N#CCC(=O)Nc1ccc(C(=O)OC(C(N)=O)c2ccccc2)cc1. The topological polar surface area (TPSA) is 122 Å². The number of nitrogens with zero attached hydrogens (tertiary/aromatic N) is 1. The van der Waals surface area contributed by atoms with Crippen LogP contribution in [0.15, 0.2) is 54.6 Å². The van der Waals surface area contributed by atoms with Crippen LogP contribution in [0.4, 0.5) is 5.69 Å². The van der Waals surface area contributed by atoms with Crippen molar-refractivity contribution >= 4 is 23.5 Å². The minimum Gasteiger partial charge on any atom is -0.444 e. The summed E-state index contributed by atoms with van der Waals surface area (Å²) >= 11 is 0. The number of hydrogen-bond acceptors (Lipinski definition) is 5. The molecule has 0 saturated heterocycles. The largest absolute Gasteiger partial charge is 0.444 e. The molecule has 0 heterocycles. The fourth-order valence-corrected chi connectivity index (χ4v) is 2.06. The van der Waals surface area contributed by atoms with Crippen molar-refractivity contribution in [3.8, 4) is 6.07 Å². The molecule has 0 aliphatic rings. The van der Waals surface area contributed by atoms with Crippen molar-refractivity contribution in [2.75, 3.05) is 5.32 Å². The van der Waals surface area contributed by atoms with Crippen molar-refractivity contribution < 1.29 is 19.1 Å². The van der Waals surface area contributed by atoms with E-state index < -0.39 is 23.9 Å². The van der Waals surface area contributed by atoms with Crippen LogP contribution in [0.5, 0.6) is 0 Å². The summed E-state index contributed by atoms with van der Waals surface area (Å²) in [4.78, 5) is 35.1. The average Bonchev–Trinajstić information content (AvgIpc) is 2.60. The molecule has 2 aromatic rings. The number of amides is 2. The number of hydrogen-bond donors (Lipinski definition) is 2. The second kappa shape index (κ2) is 8.26. The minimum atomic E-state index is -1.19. The fourth-order valence-electron chi connectivity index (χ4n) is 2.06. The second-order valence-electron chi connectivity index (χ2n) is 5.06. The molecule has 2 aromatic carbocycles. The fraction of sp³-hybridized carbons (Fsp3) is 0.111. The van der Waals surface area contributed by atoms with E-state index in [1.165, 1.54) is 24.3 Å². The molecule has 0 fully saturated rings. The quantitative estimate of drug-likeness (QED) is 0.780. The highest BCUT2D eigenvalue weighted by atomic mass is 16.5. The summed E-state index contributed by atoms with van der Waals surface area (Å²) in [5, 5.41) is 11.0. The van der Waals surface area contributed by atoms with E-state index in [1.807, 2.05) is 0 Å². The Bertz CT molecular complexity index is 810. The molecule has 2 amide bonds. The lowest BCUT2D eigenvalue weighted by Gasteiger charge is -2.15. The molecule has 1 unspecified atom stereocenters. The van der Waals surface area contributed by atoms with E-state index in [4.69, 9.17) is 15.7 Å². The van der Waals surface area contributed by atoms with E-state index in [-0.39, 0.29) is 12.0 Å². The summed E-state index contributed by atoms with van der Waals surface area (Å²) < 4.78 is 5.20. The van der Waals surface area contributed by atoms with Crippen LogP contribution >= 0.6 is 0 Å². The number of rotatable bonds is 6. The van der Waals surface area contributed by atoms with Gasteiger partial charge in [-0.3, -0.25) is 9.59 Å². The molecule has 3 N–H and O–H groups in total. The molecule has 0 aliphatic heterocycles. The highest BCUT2D eigenvalue weighted by Crippen LogP contribution is 2.19. The summed E-state index contributed by atoms with van der Waals surface area (Å²) in [6.45, 7) is 0. The molecule has 126 valence electrons. The van der Waals surface area contributed by atoms with Crippen molar-refractivity contribution in [3.63, 3.8) is 0 Å². The number of esters is 1. The monoisotopic (exact) mass is 337 g/mol. The van der Waals surface area contributed by atoms with Gasteiger partial charge in [-0.05, 0) is 24.3 Å². The van der Waals surface area contributed by atoms with Gasteiger partial charge in [0, 0.05) is 11.3 Å². The van der Waals surface area contributed by atoms with Crippen LogP contribution in [0.2, 0.25) is 0 Å². The van der Waals surface area contributed by atoms with E-state index in [2.05, 4.69) is 5.32 Å². The van der Waals surface area contributed by atoms with E-state index in [0.29, 0.717) is 11.3 Å². The molecule has 7 heteroatoms. The first-order chi connectivity index (χ1) is 12.0. The number of benzene rings is 2. The smallest absolute Gasteiger partial charge is 0.339 e. The van der Waals surface area contributed by atoms with Gasteiger partial charge < -0.3 is 15.8 Å². The number of nitrogens with one attached hydrogen (secondary N) is 1. The maximum atomic E-state index is 12.2. The van der Waals surface area contributed by atoms with Gasteiger partial charge in [0.15, 0.2) is 0 Å². The highest BCUT2D eigenvalue weighted by Gasteiger charge is 2.23. The van der Waals surface area contributed by atoms with E-state index in [9.17, 15) is 14.4 Å². The molecule has 7 nitrogen and oxygen atoms in total. The van der Waals surface area contributed by atoms with Crippen LogP contribution in [0.1, 0.15) is 28.4 Å². The molecule has 0 saturated carbocycles. The zero-order valence-corrected chi connectivity index (χ0v) is 13.1. The van der Waals surface area contributed by atoms with Crippen LogP contribution in [0.3, 0.4) is 0 Å². The molecule has 0 aliphatic carbocycles.